The van der Waals surface area contributed by atoms with E-state index in [1.165, 1.54) is 77.0 Å². The van der Waals surface area contributed by atoms with E-state index in [1.54, 1.807) is 0 Å². The van der Waals surface area contributed by atoms with Crippen LogP contribution in [0.25, 0.3) is 0 Å². The van der Waals surface area contributed by atoms with Crippen LogP contribution < -0.4 is 0 Å². The van der Waals surface area contributed by atoms with Crippen LogP contribution in [-0.2, 0) is 28.6 Å². The molecule has 0 aliphatic heterocycles. The third kappa shape index (κ3) is 44.0. The van der Waals surface area contributed by atoms with E-state index in [4.69, 9.17) is 14.2 Å². The number of hydrogen-bond acceptors (Lipinski definition) is 6. The summed E-state index contributed by atoms with van der Waals surface area (Å²) in [6.45, 7) is 6.35. The van der Waals surface area contributed by atoms with Crippen LogP contribution in [0.5, 0.6) is 0 Å². The SMILES string of the molecule is CC\C=C/C=C\C=C/CCCCCCCCCC(=O)OCC(COC(=O)CCCCCCCCCCCCC)OC(=O)CCCCCC/C=C\C/C=C\C/C=C\CC. The highest BCUT2D eigenvalue weighted by Crippen LogP contribution is 2.14. The molecule has 0 aliphatic carbocycles. The van der Waals surface area contributed by atoms with Gasteiger partial charge in [0.2, 0.25) is 0 Å². The second kappa shape index (κ2) is 46.5. The van der Waals surface area contributed by atoms with Crippen LogP contribution in [0.1, 0.15) is 220 Å². The molecule has 0 N–H and O–H groups in total. The van der Waals surface area contributed by atoms with Gasteiger partial charge in [-0.1, -0.05) is 203 Å². The lowest BCUT2D eigenvalue weighted by Gasteiger charge is -2.18. The standard InChI is InChI=1S/C52H88O6/c1-4-7-10-13-16-19-22-24-26-28-30-33-36-39-42-45-51(54)57-48-49(47-56-50(53)44-41-38-35-32-29-21-18-15-12-9-6-3)58-52(55)46-43-40-37-34-31-27-25-23-20-17-14-11-8-5-2/h7-8,10-11,13,16-17,19-20,22,25,27,49H,4-6,9,12,14-15,18,21,23-24,26,28-48H2,1-3H3/b10-7-,11-8-,16-13-,20-17-,22-19-,27-25-. The predicted molar refractivity (Wildman–Crippen MR) is 247 cm³/mol. The molecule has 332 valence electrons. The molecule has 0 aliphatic rings. The van der Waals surface area contributed by atoms with Gasteiger partial charge in [0, 0.05) is 19.3 Å². The molecule has 0 bridgehead atoms. The largest absolute Gasteiger partial charge is 0.462 e. The highest BCUT2D eigenvalue weighted by molar-refractivity contribution is 5.71. The third-order valence-corrected chi connectivity index (χ3v) is 10.0. The Morgan fingerprint density at radius 3 is 1.24 bits per heavy atom. The maximum Gasteiger partial charge on any atom is 0.306 e. The van der Waals surface area contributed by atoms with E-state index in [0.29, 0.717) is 19.3 Å². The summed E-state index contributed by atoms with van der Waals surface area (Å²) in [5.41, 5.74) is 0. The first-order chi connectivity index (χ1) is 28.5. The molecular formula is C52H88O6. The van der Waals surface area contributed by atoms with Crippen LogP contribution in [0, 0.1) is 0 Å². The van der Waals surface area contributed by atoms with Gasteiger partial charge >= 0.3 is 17.9 Å². The lowest BCUT2D eigenvalue weighted by Crippen LogP contribution is -2.30. The molecular weight excluding hydrogens is 721 g/mol. The number of esters is 3. The Bertz CT molecular complexity index is 1110. The molecule has 58 heavy (non-hydrogen) atoms. The molecule has 0 heterocycles. The van der Waals surface area contributed by atoms with Crippen molar-refractivity contribution in [1.29, 1.82) is 0 Å². The van der Waals surface area contributed by atoms with Gasteiger partial charge in [0.1, 0.15) is 13.2 Å². The highest BCUT2D eigenvalue weighted by Gasteiger charge is 2.19. The van der Waals surface area contributed by atoms with Crippen molar-refractivity contribution in [1.82, 2.24) is 0 Å². The monoisotopic (exact) mass is 809 g/mol. The highest BCUT2D eigenvalue weighted by atomic mass is 16.6. The molecule has 6 heteroatoms. The minimum atomic E-state index is -0.789. The molecule has 0 rings (SSSR count). The van der Waals surface area contributed by atoms with Crippen molar-refractivity contribution in [3.8, 4) is 0 Å². The van der Waals surface area contributed by atoms with E-state index in [1.807, 2.05) is 0 Å². The predicted octanol–water partition coefficient (Wildman–Crippen LogP) is 15.5. The van der Waals surface area contributed by atoms with Gasteiger partial charge in [0.25, 0.3) is 0 Å². The van der Waals surface area contributed by atoms with Crippen molar-refractivity contribution < 1.29 is 28.6 Å². The van der Waals surface area contributed by atoms with Crippen molar-refractivity contribution in [3.05, 3.63) is 72.9 Å². The van der Waals surface area contributed by atoms with Gasteiger partial charge in [0.05, 0.1) is 0 Å². The zero-order valence-electron chi connectivity index (χ0n) is 37.8. The molecule has 6 nitrogen and oxygen atoms in total. The molecule has 0 radical (unpaired) electrons. The smallest absolute Gasteiger partial charge is 0.306 e. The van der Waals surface area contributed by atoms with Crippen LogP contribution in [0.3, 0.4) is 0 Å². The Hall–Kier alpha value is -3.15. The fourth-order valence-electron chi connectivity index (χ4n) is 6.46. The van der Waals surface area contributed by atoms with Crippen molar-refractivity contribution in [3.63, 3.8) is 0 Å². The molecule has 1 atom stereocenters. The number of hydrogen-bond donors (Lipinski definition) is 0. The topological polar surface area (TPSA) is 78.9 Å². The lowest BCUT2D eigenvalue weighted by atomic mass is 10.1. The van der Waals surface area contributed by atoms with Crippen molar-refractivity contribution in [2.75, 3.05) is 13.2 Å². The molecule has 0 fully saturated rings. The first-order valence-electron chi connectivity index (χ1n) is 24.0. The Kier molecular flexibility index (Phi) is 44.0. The van der Waals surface area contributed by atoms with Gasteiger partial charge in [-0.15, -0.1) is 0 Å². The van der Waals surface area contributed by atoms with Crippen LogP contribution >= 0.6 is 0 Å². The fraction of sp³-hybridized carbons (Fsp3) is 0.712. The van der Waals surface area contributed by atoms with Crippen LogP contribution in [0.4, 0.5) is 0 Å². The van der Waals surface area contributed by atoms with E-state index >= 15 is 0 Å². The summed E-state index contributed by atoms with van der Waals surface area (Å²) in [4.78, 5) is 37.8. The second-order valence-corrected chi connectivity index (χ2v) is 15.7. The number of rotatable bonds is 42. The van der Waals surface area contributed by atoms with E-state index in [9.17, 15) is 14.4 Å². The first kappa shape index (κ1) is 54.9. The average molecular weight is 809 g/mol. The Balaban J connectivity index is 4.43. The van der Waals surface area contributed by atoms with E-state index < -0.39 is 6.10 Å². The summed E-state index contributed by atoms with van der Waals surface area (Å²) in [5, 5.41) is 0. The molecule has 0 aromatic carbocycles. The maximum absolute atomic E-state index is 12.7. The van der Waals surface area contributed by atoms with E-state index in [0.717, 1.165) is 103 Å². The summed E-state index contributed by atoms with van der Waals surface area (Å²) < 4.78 is 16.7. The summed E-state index contributed by atoms with van der Waals surface area (Å²) in [6, 6.07) is 0. The molecule has 0 aromatic rings. The third-order valence-electron chi connectivity index (χ3n) is 10.0. The zero-order chi connectivity index (χ0) is 42.3. The molecule has 1 unspecified atom stereocenters. The quantitative estimate of drug-likeness (QED) is 0.0201. The molecule has 0 amide bonds. The van der Waals surface area contributed by atoms with E-state index in [2.05, 4.69) is 93.7 Å². The van der Waals surface area contributed by atoms with Crippen molar-refractivity contribution in [2.24, 2.45) is 0 Å². The molecule has 0 saturated carbocycles. The van der Waals surface area contributed by atoms with Crippen LogP contribution in [-0.4, -0.2) is 37.2 Å². The van der Waals surface area contributed by atoms with Crippen molar-refractivity contribution >= 4 is 17.9 Å². The zero-order valence-corrected chi connectivity index (χ0v) is 37.8. The summed E-state index contributed by atoms with van der Waals surface area (Å²) >= 11 is 0. The number of allylic oxidation sites excluding steroid dienone is 12. The molecule has 0 spiro atoms. The normalized spacial score (nSPS) is 12.7. The Labute approximate surface area is 357 Å². The van der Waals surface area contributed by atoms with Gasteiger partial charge in [-0.25, -0.2) is 0 Å². The molecule has 0 aromatic heterocycles. The Morgan fingerprint density at radius 2 is 0.759 bits per heavy atom. The average Bonchev–Trinajstić information content (AvgIpc) is 3.22. The number of unbranched alkanes of at least 4 members (excludes halogenated alkanes) is 21. The minimum absolute atomic E-state index is 0.0877. The minimum Gasteiger partial charge on any atom is -0.462 e. The van der Waals surface area contributed by atoms with Gasteiger partial charge in [0.15, 0.2) is 6.10 Å². The van der Waals surface area contributed by atoms with Gasteiger partial charge < -0.3 is 14.2 Å². The van der Waals surface area contributed by atoms with E-state index in [-0.39, 0.29) is 31.1 Å². The van der Waals surface area contributed by atoms with Gasteiger partial charge in [-0.05, 0) is 70.6 Å². The lowest BCUT2D eigenvalue weighted by molar-refractivity contribution is -0.167. The van der Waals surface area contributed by atoms with Crippen LogP contribution in [0.15, 0.2) is 72.9 Å². The van der Waals surface area contributed by atoms with Gasteiger partial charge in [-0.2, -0.15) is 0 Å². The van der Waals surface area contributed by atoms with Crippen molar-refractivity contribution in [2.45, 2.75) is 226 Å². The number of ether oxygens (including phenoxy) is 3. The van der Waals surface area contributed by atoms with Crippen LogP contribution in [0.2, 0.25) is 0 Å². The number of carbonyl (C=O) groups is 3. The Morgan fingerprint density at radius 1 is 0.379 bits per heavy atom. The second-order valence-electron chi connectivity index (χ2n) is 15.7. The maximum atomic E-state index is 12.7. The summed E-state index contributed by atoms with van der Waals surface area (Å²) in [6.07, 6.45) is 57.4. The summed E-state index contributed by atoms with van der Waals surface area (Å²) in [7, 11) is 0. The fourth-order valence-corrected chi connectivity index (χ4v) is 6.46. The number of carbonyl (C=O) groups excluding carboxylic acids is 3. The van der Waals surface area contributed by atoms with Gasteiger partial charge in [-0.3, -0.25) is 14.4 Å². The first-order valence-corrected chi connectivity index (χ1v) is 24.0. The molecule has 0 saturated heterocycles. The summed E-state index contributed by atoms with van der Waals surface area (Å²) in [5.74, 6) is -0.925.